The van der Waals surface area contributed by atoms with Gasteiger partial charge < -0.3 is 5.11 Å². The molecule has 0 saturated heterocycles. The molecule has 0 saturated carbocycles. The van der Waals surface area contributed by atoms with Gasteiger partial charge in [-0.15, -0.1) is 0 Å². The number of rotatable bonds is 4. The topological polar surface area (TPSA) is 83.5 Å². The van der Waals surface area contributed by atoms with Gasteiger partial charge in [-0.05, 0) is 19.1 Å². The van der Waals surface area contributed by atoms with E-state index >= 15 is 0 Å². The van der Waals surface area contributed by atoms with Crippen LogP contribution in [0.4, 0.5) is 18.9 Å². The Morgan fingerprint density at radius 2 is 1.83 bits per heavy atom. The van der Waals surface area contributed by atoms with Crippen LogP contribution in [0.1, 0.15) is 6.92 Å². The normalized spacial score (nSPS) is 13.1. The highest BCUT2D eigenvalue weighted by Gasteiger charge is 2.29. The van der Waals surface area contributed by atoms with Crippen LogP contribution in [-0.2, 0) is 14.8 Å². The van der Waals surface area contributed by atoms with Crippen LogP contribution >= 0.6 is 0 Å². The minimum Gasteiger partial charge on any atom is -0.480 e. The smallest absolute Gasteiger partial charge is 0.323 e. The standard InChI is InChI=1S/C9H8F3NO4S/c1-4(9(14)15)18(16,17)13-6-3-2-5(10)7(11)8(6)12/h2-4,13H,1H3,(H,14,15). The molecule has 0 radical (unpaired) electrons. The maximum absolute atomic E-state index is 13.2. The fraction of sp³-hybridized carbons (Fsp3) is 0.222. The van der Waals surface area contributed by atoms with E-state index in [0.29, 0.717) is 12.1 Å². The Bertz CT molecular complexity index is 588. The zero-order valence-electron chi connectivity index (χ0n) is 8.95. The number of halogens is 3. The fourth-order valence-corrected chi connectivity index (χ4v) is 1.89. The molecular weight excluding hydrogens is 275 g/mol. The number of hydrogen-bond acceptors (Lipinski definition) is 3. The van der Waals surface area contributed by atoms with Crippen molar-refractivity contribution < 1.29 is 31.5 Å². The molecule has 100 valence electrons. The third kappa shape index (κ3) is 2.73. The lowest BCUT2D eigenvalue weighted by Crippen LogP contribution is -2.32. The zero-order chi connectivity index (χ0) is 14.1. The highest BCUT2D eigenvalue weighted by molar-refractivity contribution is 7.94. The van der Waals surface area contributed by atoms with Crippen molar-refractivity contribution in [3.05, 3.63) is 29.6 Å². The van der Waals surface area contributed by atoms with Gasteiger partial charge in [0.05, 0.1) is 5.69 Å². The third-order valence-electron chi connectivity index (χ3n) is 2.10. The molecule has 5 nitrogen and oxygen atoms in total. The lowest BCUT2D eigenvalue weighted by Gasteiger charge is -2.12. The molecule has 0 fully saturated rings. The minimum absolute atomic E-state index is 0.516. The van der Waals surface area contributed by atoms with Crippen LogP contribution in [0.3, 0.4) is 0 Å². The van der Waals surface area contributed by atoms with Crippen LogP contribution < -0.4 is 4.72 Å². The van der Waals surface area contributed by atoms with E-state index in [1.807, 2.05) is 0 Å². The van der Waals surface area contributed by atoms with Gasteiger partial charge in [-0.3, -0.25) is 9.52 Å². The monoisotopic (exact) mass is 283 g/mol. The summed E-state index contributed by atoms with van der Waals surface area (Å²) >= 11 is 0. The molecule has 1 rings (SSSR count). The van der Waals surface area contributed by atoms with Crippen LogP contribution in [0.2, 0.25) is 0 Å². The summed E-state index contributed by atoms with van der Waals surface area (Å²) in [7, 11) is -4.44. The van der Waals surface area contributed by atoms with Crippen molar-refractivity contribution in [2.45, 2.75) is 12.2 Å². The van der Waals surface area contributed by atoms with E-state index in [1.54, 1.807) is 4.72 Å². The van der Waals surface area contributed by atoms with Crippen molar-refractivity contribution in [2.24, 2.45) is 0 Å². The van der Waals surface area contributed by atoms with E-state index in [0.717, 1.165) is 6.92 Å². The first-order valence-corrected chi connectivity index (χ1v) is 6.09. The van der Waals surface area contributed by atoms with E-state index in [9.17, 15) is 26.4 Å². The molecular formula is C9H8F3NO4S. The molecule has 1 atom stereocenters. The van der Waals surface area contributed by atoms with Gasteiger partial charge in [-0.25, -0.2) is 21.6 Å². The predicted octanol–water partition coefficient (Wildman–Crippen LogP) is 1.32. The number of hydrogen-bond donors (Lipinski definition) is 2. The number of carboxylic acids is 1. The van der Waals surface area contributed by atoms with E-state index in [2.05, 4.69) is 0 Å². The molecule has 1 aromatic carbocycles. The molecule has 18 heavy (non-hydrogen) atoms. The Balaban J connectivity index is 3.13. The molecule has 0 aliphatic carbocycles. The van der Waals surface area contributed by atoms with Crippen LogP contribution in [0.5, 0.6) is 0 Å². The van der Waals surface area contributed by atoms with Crippen molar-refractivity contribution in [1.29, 1.82) is 0 Å². The second-order valence-electron chi connectivity index (χ2n) is 3.35. The van der Waals surface area contributed by atoms with Crippen LogP contribution in [0.15, 0.2) is 12.1 Å². The summed E-state index contributed by atoms with van der Waals surface area (Å²) in [5.74, 6) is -6.73. The summed E-state index contributed by atoms with van der Waals surface area (Å²) in [4.78, 5) is 10.5. The van der Waals surface area contributed by atoms with Crippen LogP contribution in [-0.4, -0.2) is 24.7 Å². The van der Waals surface area contributed by atoms with E-state index in [-0.39, 0.29) is 0 Å². The molecule has 0 aliphatic heterocycles. The van der Waals surface area contributed by atoms with Crippen LogP contribution in [0.25, 0.3) is 0 Å². The average Bonchev–Trinajstić information content (AvgIpc) is 2.28. The van der Waals surface area contributed by atoms with Crippen molar-refractivity contribution in [3.63, 3.8) is 0 Å². The summed E-state index contributed by atoms with van der Waals surface area (Å²) in [6.45, 7) is 0.850. The molecule has 1 unspecified atom stereocenters. The lowest BCUT2D eigenvalue weighted by atomic mass is 10.3. The highest BCUT2D eigenvalue weighted by atomic mass is 32.2. The van der Waals surface area contributed by atoms with Gasteiger partial charge in [0.15, 0.2) is 22.7 Å². The Morgan fingerprint density at radius 3 is 2.33 bits per heavy atom. The van der Waals surface area contributed by atoms with E-state index in [4.69, 9.17) is 5.11 Å². The SMILES string of the molecule is CC(C(=O)O)S(=O)(=O)Nc1ccc(F)c(F)c1F. The Kier molecular flexibility index (Phi) is 3.85. The Labute approximate surface area is 100 Å². The minimum atomic E-state index is -4.44. The Morgan fingerprint density at radius 1 is 1.28 bits per heavy atom. The first-order valence-electron chi connectivity index (χ1n) is 4.54. The third-order valence-corrected chi connectivity index (χ3v) is 3.74. The average molecular weight is 283 g/mol. The molecule has 0 spiro atoms. The number of carboxylic acid groups (broad SMARTS) is 1. The number of sulfonamides is 1. The maximum Gasteiger partial charge on any atom is 0.323 e. The van der Waals surface area contributed by atoms with Gasteiger partial charge in [0.2, 0.25) is 10.0 Å². The highest BCUT2D eigenvalue weighted by Crippen LogP contribution is 2.21. The number of carbonyl (C=O) groups is 1. The molecule has 9 heteroatoms. The van der Waals surface area contributed by atoms with Gasteiger partial charge in [-0.1, -0.05) is 0 Å². The second-order valence-corrected chi connectivity index (χ2v) is 5.35. The summed E-state index contributed by atoms with van der Waals surface area (Å²) in [6, 6.07) is 1.17. The number of aliphatic carboxylic acids is 1. The molecule has 0 bridgehead atoms. The summed E-state index contributed by atoms with van der Waals surface area (Å²) in [5, 5.41) is 6.65. The van der Waals surface area contributed by atoms with Crippen molar-refractivity contribution in [1.82, 2.24) is 0 Å². The molecule has 0 aromatic heterocycles. The van der Waals surface area contributed by atoms with Gasteiger partial charge >= 0.3 is 5.97 Å². The number of benzene rings is 1. The summed E-state index contributed by atoms with van der Waals surface area (Å²) in [6.07, 6.45) is 0. The zero-order valence-corrected chi connectivity index (χ0v) is 9.76. The van der Waals surface area contributed by atoms with E-state index in [1.165, 1.54) is 0 Å². The van der Waals surface area contributed by atoms with Gasteiger partial charge in [0, 0.05) is 0 Å². The van der Waals surface area contributed by atoms with Crippen LogP contribution in [0, 0.1) is 17.5 Å². The quantitative estimate of drug-likeness (QED) is 0.816. The largest absolute Gasteiger partial charge is 0.480 e. The Hall–Kier alpha value is -1.77. The van der Waals surface area contributed by atoms with Crippen molar-refractivity contribution in [3.8, 4) is 0 Å². The molecule has 1 aromatic rings. The molecule has 0 aliphatic rings. The fourth-order valence-electron chi connectivity index (χ4n) is 0.979. The maximum atomic E-state index is 13.2. The molecule has 2 N–H and O–H groups in total. The van der Waals surface area contributed by atoms with Crippen molar-refractivity contribution in [2.75, 3.05) is 4.72 Å². The first kappa shape index (κ1) is 14.3. The van der Waals surface area contributed by atoms with Gasteiger partial charge in [-0.2, -0.15) is 0 Å². The predicted molar refractivity (Wildman–Crippen MR) is 56.0 cm³/mol. The molecule has 0 amide bonds. The van der Waals surface area contributed by atoms with Crippen molar-refractivity contribution >= 4 is 21.7 Å². The van der Waals surface area contributed by atoms with Gasteiger partial charge in [0.25, 0.3) is 0 Å². The lowest BCUT2D eigenvalue weighted by molar-refractivity contribution is -0.136. The second kappa shape index (κ2) is 4.84. The molecule has 0 heterocycles. The summed E-state index contributed by atoms with van der Waals surface area (Å²) in [5.41, 5.74) is -0.859. The first-order chi connectivity index (χ1) is 8.16. The van der Waals surface area contributed by atoms with Gasteiger partial charge in [0.1, 0.15) is 0 Å². The summed E-state index contributed by atoms with van der Waals surface area (Å²) < 4.78 is 63.0. The van der Waals surface area contributed by atoms with E-state index < -0.39 is 44.4 Å². The number of nitrogens with one attached hydrogen (secondary N) is 1. The number of anilines is 1.